The van der Waals surface area contributed by atoms with E-state index >= 15 is 0 Å². The van der Waals surface area contributed by atoms with E-state index in [0.29, 0.717) is 19.4 Å². The van der Waals surface area contributed by atoms with Crippen LogP contribution in [-0.2, 0) is 14.4 Å². The number of unbranched alkanes of at least 4 members (excludes halogenated alkanes) is 1. The van der Waals surface area contributed by atoms with Crippen molar-refractivity contribution in [3.8, 4) is 0 Å². The topological polar surface area (TPSA) is 116 Å². The van der Waals surface area contributed by atoms with E-state index in [9.17, 15) is 14.4 Å². The third kappa shape index (κ3) is 10.3. The smallest absolute Gasteiger partial charge is 0.303 e. The van der Waals surface area contributed by atoms with Gasteiger partial charge in [0.15, 0.2) is 0 Å². The van der Waals surface area contributed by atoms with Crippen LogP contribution in [0.5, 0.6) is 0 Å². The molecule has 0 rings (SSSR count). The van der Waals surface area contributed by atoms with Crippen molar-refractivity contribution < 1.29 is 24.6 Å². The molecular formula is C13H24N2O5. The van der Waals surface area contributed by atoms with Crippen LogP contribution in [0.25, 0.3) is 0 Å². The zero-order chi connectivity index (χ0) is 15.4. The number of carbonyl (C=O) groups excluding carboxylic acids is 2. The van der Waals surface area contributed by atoms with Crippen LogP contribution >= 0.6 is 0 Å². The highest BCUT2D eigenvalue weighted by molar-refractivity contribution is 5.80. The number of aliphatic hydroxyl groups excluding tert-OH is 1. The Hall–Kier alpha value is -1.63. The Morgan fingerprint density at radius 2 is 1.80 bits per heavy atom. The third-order valence-corrected chi connectivity index (χ3v) is 2.77. The van der Waals surface area contributed by atoms with Gasteiger partial charge in [-0.3, -0.25) is 14.4 Å². The van der Waals surface area contributed by atoms with Gasteiger partial charge >= 0.3 is 5.97 Å². The highest BCUT2D eigenvalue weighted by Gasteiger charge is 2.12. The van der Waals surface area contributed by atoms with Crippen LogP contribution in [0, 0.1) is 0 Å². The molecule has 0 saturated carbocycles. The molecule has 0 radical (unpaired) electrons. The second-order valence-electron chi connectivity index (χ2n) is 4.54. The van der Waals surface area contributed by atoms with Crippen molar-refractivity contribution in [2.75, 3.05) is 13.2 Å². The van der Waals surface area contributed by atoms with E-state index in [-0.39, 0.29) is 37.3 Å². The largest absolute Gasteiger partial charge is 0.481 e. The van der Waals surface area contributed by atoms with Crippen LogP contribution in [0.1, 0.15) is 45.4 Å². The lowest BCUT2D eigenvalue weighted by Crippen LogP contribution is -2.37. The fraction of sp³-hybridized carbons (Fsp3) is 0.769. The monoisotopic (exact) mass is 288 g/mol. The summed E-state index contributed by atoms with van der Waals surface area (Å²) < 4.78 is 0. The van der Waals surface area contributed by atoms with Gasteiger partial charge in [0.1, 0.15) is 0 Å². The van der Waals surface area contributed by atoms with Crippen LogP contribution in [-0.4, -0.2) is 47.2 Å². The molecule has 20 heavy (non-hydrogen) atoms. The molecule has 2 amide bonds. The van der Waals surface area contributed by atoms with E-state index in [4.69, 9.17) is 10.2 Å². The minimum atomic E-state index is -1.02. The van der Waals surface area contributed by atoms with E-state index in [1.54, 1.807) is 6.92 Å². The molecule has 0 aliphatic rings. The van der Waals surface area contributed by atoms with Gasteiger partial charge in [-0.05, 0) is 19.3 Å². The number of aliphatic hydroxyl groups is 1. The fourth-order valence-electron chi connectivity index (χ4n) is 1.60. The Morgan fingerprint density at radius 3 is 2.35 bits per heavy atom. The quantitative estimate of drug-likeness (QED) is 0.400. The first-order valence-electron chi connectivity index (χ1n) is 6.88. The summed E-state index contributed by atoms with van der Waals surface area (Å²) in [6.07, 6.45) is 2.28. The first-order valence-corrected chi connectivity index (χ1v) is 6.88. The van der Waals surface area contributed by atoms with Crippen LogP contribution in [0.3, 0.4) is 0 Å². The van der Waals surface area contributed by atoms with Crippen molar-refractivity contribution in [3.63, 3.8) is 0 Å². The maximum absolute atomic E-state index is 11.4. The molecule has 0 aromatic rings. The second-order valence-corrected chi connectivity index (χ2v) is 4.54. The maximum Gasteiger partial charge on any atom is 0.303 e. The molecule has 0 bridgehead atoms. The Labute approximate surface area is 118 Å². The molecular weight excluding hydrogens is 264 g/mol. The minimum Gasteiger partial charge on any atom is -0.481 e. The number of aliphatic carboxylic acids is 1. The number of hydrogen-bond acceptors (Lipinski definition) is 4. The van der Waals surface area contributed by atoms with Gasteiger partial charge in [-0.25, -0.2) is 0 Å². The predicted molar refractivity (Wildman–Crippen MR) is 73.0 cm³/mol. The molecule has 0 saturated heterocycles. The minimum absolute atomic E-state index is 0.00526. The van der Waals surface area contributed by atoms with Crippen molar-refractivity contribution in [1.82, 2.24) is 10.6 Å². The van der Waals surface area contributed by atoms with Crippen molar-refractivity contribution >= 4 is 17.8 Å². The Kier molecular flexibility index (Phi) is 10.3. The lowest BCUT2D eigenvalue weighted by Gasteiger charge is -2.16. The number of carboxylic acids is 1. The standard InChI is InChI=1S/C13H24N2O5/c1-2-11(17)14-8-4-3-5-10(9-16)15-12(18)6-7-13(19)20/h10,16H,2-9H2,1H3,(H,14,17)(H,15,18)(H,19,20). The van der Waals surface area contributed by atoms with Gasteiger partial charge in [-0.1, -0.05) is 6.92 Å². The van der Waals surface area contributed by atoms with Gasteiger partial charge in [0.2, 0.25) is 11.8 Å². The number of amides is 2. The molecule has 0 aromatic carbocycles. The number of hydrogen-bond donors (Lipinski definition) is 4. The Balaban J connectivity index is 3.73. The van der Waals surface area contributed by atoms with Crippen molar-refractivity contribution in [2.45, 2.75) is 51.5 Å². The van der Waals surface area contributed by atoms with Gasteiger partial charge in [0.05, 0.1) is 19.1 Å². The SMILES string of the molecule is CCC(=O)NCCCCC(CO)NC(=O)CCC(=O)O. The molecule has 1 atom stereocenters. The Bertz CT molecular complexity index is 320. The molecule has 4 N–H and O–H groups in total. The molecule has 0 spiro atoms. The van der Waals surface area contributed by atoms with Gasteiger partial charge < -0.3 is 20.8 Å². The number of carboxylic acid groups (broad SMARTS) is 1. The lowest BCUT2D eigenvalue weighted by atomic mass is 10.1. The molecule has 0 fully saturated rings. The van der Waals surface area contributed by atoms with E-state index in [0.717, 1.165) is 12.8 Å². The summed E-state index contributed by atoms with van der Waals surface area (Å²) in [4.78, 5) is 32.7. The molecule has 116 valence electrons. The summed E-state index contributed by atoms with van der Waals surface area (Å²) >= 11 is 0. The van der Waals surface area contributed by atoms with E-state index < -0.39 is 5.97 Å². The van der Waals surface area contributed by atoms with E-state index in [1.165, 1.54) is 0 Å². The molecule has 0 aliphatic heterocycles. The zero-order valence-electron chi connectivity index (χ0n) is 11.9. The molecule has 0 aromatic heterocycles. The van der Waals surface area contributed by atoms with Crippen LogP contribution in [0.2, 0.25) is 0 Å². The zero-order valence-corrected chi connectivity index (χ0v) is 11.9. The number of nitrogens with one attached hydrogen (secondary N) is 2. The van der Waals surface area contributed by atoms with Gasteiger partial charge in [0, 0.05) is 19.4 Å². The predicted octanol–water partition coefficient (Wildman–Crippen LogP) is 0.0248. The molecule has 1 unspecified atom stereocenters. The summed E-state index contributed by atoms with van der Waals surface area (Å²) in [7, 11) is 0. The van der Waals surface area contributed by atoms with Crippen molar-refractivity contribution in [2.24, 2.45) is 0 Å². The summed E-state index contributed by atoms with van der Waals surface area (Å²) in [5, 5.41) is 22.9. The molecule has 7 heteroatoms. The van der Waals surface area contributed by atoms with Crippen LogP contribution in [0.4, 0.5) is 0 Å². The summed E-state index contributed by atoms with van der Waals surface area (Å²) in [6.45, 7) is 2.18. The third-order valence-electron chi connectivity index (χ3n) is 2.77. The summed E-state index contributed by atoms with van der Waals surface area (Å²) in [6, 6.07) is -0.363. The highest BCUT2D eigenvalue weighted by Crippen LogP contribution is 2.01. The van der Waals surface area contributed by atoms with Crippen LogP contribution < -0.4 is 10.6 Å². The molecule has 7 nitrogen and oxygen atoms in total. The van der Waals surface area contributed by atoms with Crippen molar-refractivity contribution in [1.29, 1.82) is 0 Å². The van der Waals surface area contributed by atoms with Crippen molar-refractivity contribution in [3.05, 3.63) is 0 Å². The average molecular weight is 288 g/mol. The maximum atomic E-state index is 11.4. The molecule has 0 heterocycles. The van der Waals surface area contributed by atoms with E-state index in [1.807, 2.05) is 0 Å². The van der Waals surface area contributed by atoms with Gasteiger partial charge in [-0.15, -0.1) is 0 Å². The van der Waals surface area contributed by atoms with E-state index in [2.05, 4.69) is 10.6 Å². The van der Waals surface area contributed by atoms with Crippen LogP contribution in [0.15, 0.2) is 0 Å². The number of rotatable bonds is 11. The molecule has 0 aliphatic carbocycles. The fourth-order valence-corrected chi connectivity index (χ4v) is 1.60. The van der Waals surface area contributed by atoms with Gasteiger partial charge in [-0.2, -0.15) is 0 Å². The van der Waals surface area contributed by atoms with Gasteiger partial charge in [0.25, 0.3) is 0 Å². The lowest BCUT2D eigenvalue weighted by molar-refractivity contribution is -0.139. The first-order chi connectivity index (χ1) is 9.49. The Morgan fingerprint density at radius 1 is 1.10 bits per heavy atom. The summed E-state index contributed by atoms with van der Waals surface area (Å²) in [5.74, 6) is -1.39. The normalized spacial score (nSPS) is 11.7. The highest BCUT2D eigenvalue weighted by atomic mass is 16.4. The second kappa shape index (κ2) is 11.2. The number of carbonyl (C=O) groups is 3. The average Bonchev–Trinajstić information content (AvgIpc) is 2.42. The first kappa shape index (κ1) is 18.4. The summed E-state index contributed by atoms with van der Waals surface area (Å²) in [5.41, 5.74) is 0.